The molecule has 0 radical (unpaired) electrons. The zero-order valence-corrected chi connectivity index (χ0v) is 18.8. The number of nitrogens with one attached hydrogen (secondary N) is 2. The van der Waals surface area contributed by atoms with E-state index in [0.717, 1.165) is 16.5 Å². The van der Waals surface area contributed by atoms with E-state index in [-0.39, 0.29) is 23.1 Å². The lowest BCUT2D eigenvalue weighted by atomic mass is 10.1. The monoisotopic (exact) mass is 454 g/mol. The van der Waals surface area contributed by atoms with Crippen LogP contribution in [0.15, 0.2) is 50.3 Å². The molecule has 1 amide bonds. The normalized spacial score (nSPS) is 11.6. The van der Waals surface area contributed by atoms with Crippen molar-refractivity contribution in [3.8, 4) is 0 Å². The molecule has 166 valence electrons. The number of amides is 1. The average molecular weight is 455 g/mol. The number of aromatic nitrogens is 2. The molecule has 2 aromatic carbocycles. The molecule has 9 nitrogen and oxygen atoms in total. The maximum absolute atomic E-state index is 12.6. The fraction of sp³-hybridized carbons (Fsp3) is 0.227. The summed E-state index contributed by atoms with van der Waals surface area (Å²) >= 11 is 0. The van der Waals surface area contributed by atoms with Gasteiger partial charge in [0.05, 0.1) is 17.0 Å². The Balaban J connectivity index is 1.45. The van der Waals surface area contributed by atoms with Gasteiger partial charge in [0.2, 0.25) is 11.8 Å². The molecule has 0 aliphatic carbocycles. The number of anilines is 2. The number of fused-ring (bicyclic) bond motifs is 1. The van der Waals surface area contributed by atoms with Crippen molar-refractivity contribution in [2.45, 2.75) is 39.0 Å². The highest BCUT2D eigenvalue weighted by Gasteiger charge is 2.19. The summed E-state index contributed by atoms with van der Waals surface area (Å²) < 4.78 is 37.9. The Kier molecular flexibility index (Phi) is 5.47. The second-order valence-electron chi connectivity index (χ2n) is 7.64. The van der Waals surface area contributed by atoms with Crippen LogP contribution in [0.2, 0.25) is 0 Å². The van der Waals surface area contributed by atoms with Crippen molar-refractivity contribution >= 4 is 38.5 Å². The van der Waals surface area contributed by atoms with Crippen molar-refractivity contribution in [1.29, 1.82) is 0 Å². The molecule has 0 atom stereocenters. The van der Waals surface area contributed by atoms with Crippen molar-refractivity contribution in [2.75, 3.05) is 10.0 Å². The van der Waals surface area contributed by atoms with Crippen LogP contribution < -0.4 is 10.0 Å². The Bertz CT molecular complexity index is 1420. The number of benzene rings is 2. The highest BCUT2D eigenvalue weighted by Crippen LogP contribution is 2.24. The molecule has 0 unspecified atom stereocenters. The van der Waals surface area contributed by atoms with Gasteiger partial charge in [0, 0.05) is 16.6 Å². The van der Waals surface area contributed by atoms with Crippen LogP contribution in [0.4, 0.5) is 11.6 Å². The van der Waals surface area contributed by atoms with Crippen molar-refractivity contribution in [3.63, 3.8) is 0 Å². The molecule has 2 heterocycles. The molecule has 4 rings (SSSR count). The van der Waals surface area contributed by atoms with Gasteiger partial charge in [0.25, 0.3) is 10.0 Å². The molecule has 4 aromatic rings. The number of carbonyl (C=O) groups is 1. The third-order valence-electron chi connectivity index (χ3n) is 5.32. The Hall–Kier alpha value is -3.66. The van der Waals surface area contributed by atoms with E-state index in [2.05, 4.69) is 20.4 Å². The number of aryl methyl sites for hydroxylation is 3. The first-order valence-electron chi connectivity index (χ1n) is 9.85. The van der Waals surface area contributed by atoms with Gasteiger partial charge in [0.1, 0.15) is 5.69 Å². The Morgan fingerprint density at radius 3 is 2.31 bits per heavy atom. The largest absolute Gasteiger partial charge is 0.356 e. The van der Waals surface area contributed by atoms with Crippen LogP contribution in [0.1, 0.15) is 28.1 Å². The van der Waals surface area contributed by atoms with Gasteiger partial charge in [-0.15, -0.1) is 0 Å². The van der Waals surface area contributed by atoms with E-state index in [1.54, 1.807) is 13.8 Å². The second kappa shape index (κ2) is 8.12. The zero-order valence-electron chi connectivity index (χ0n) is 18.0. The summed E-state index contributed by atoms with van der Waals surface area (Å²) in [5, 5.41) is 11.3. The van der Waals surface area contributed by atoms with E-state index in [1.165, 1.54) is 24.3 Å². The van der Waals surface area contributed by atoms with Crippen LogP contribution in [-0.4, -0.2) is 24.6 Å². The Morgan fingerprint density at radius 1 is 0.969 bits per heavy atom. The summed E-state index contributed by atoms with van der Waals surface area (Å²) in [6.45, 7) is 7.40. The molecule has 10 heteroatoms. The predicted octanol–water partition coefficient (Wildman–Crippen LogP) is 4.03. The Morgan fingerprint density at radius 2 is 1.66 bits per heavy atom. The summed E-state index contributed by atoms with van der Waals surface area (Å²) in [5.74, 6) is -0.218. The van der Waals surface area contributed by atoms with Crippen molar-refractivity contribution < 1.29 is 22.3 Å². The third-order valence-corrected chi connectivity index (χ3v) is 6.67. The highest BCUT2D eigenvalue weighted by atomic mass is 32.2. The fourth-order valence-electron chi connectivity index (χ4n) is 3.14. The van der Waals surface area contributed by atoms with Gasteiger partial charge in [-0.1, -0.05) is 10.3 Å². The smallest absolute Gasteiger partial charge is 0.264 e. The highest BCUT2D eigenvalue weighted by molar-refractivity contribution is 7.92. The first-order chi connectivity index (χ1) is 15.1. The number of sulfonamides is 1. The molecule has 2 aromatic heterocycles. The van der Waals surface area contributed by atoms with Crippen LogP contribution in [0.25, 0.3) is 11.0 Å². The molecule has 0 fully saturated rings. The van der Waals surface area contributed by atoms with E-state index >= 15 is 0 Å². The minimum absolute atomic E-state index is 0.0253. The summed E-state index contributed by atoms with van der Waals surface area (Å²) in [7, 11) is -3.86. The summed E-state index contributed by atoms with van der Waals surface area (Å²) in [6, 6.07) is 9.67. The van der Waals surface area contributed by atoms with Gasteiger partial charge in [-0.3, -0.25) is 4.79 Å². The standard InChI is InChI=1S/C22H22N4O5S/c1-12-9-18-19(25-30-20(18)10-13(12)2)11-21(27)23-16-5-7-17(8-6-16)32(28,29)26-22-14(3)15(4)24-31-22/h5-10,26H,11H2,1-4H3,(H,23,27). The summed E-state index contributed by atoms with van der Waals surface area (Å²) in [6.07, 6.45) is 0.0290. The zero-order chi connectivity index (χ0) is 23.0. The van der Waals surface area contributed by atoms with Gasteiger partial charge < -0.3 is 14.4 Å². The number of hydrogen-bond acceptors (Lipinski definition) is 7. The first kappa shape index (κ1) is 21.6. The van der Waals surface area contributed by atoms with E-state index in [0.29, 0.717) is 28.2 Å². The van der Waals surface area contributed by atoms with Crippen LogP contribution in [0, 0.1) is 27.7 Å². The van der Waals surface area contributed by atoms with Crippen molar-refractivity contribution in [1.82, 2.24) is 10.3 Å². The van der Waals surface area contributed by atoms with Gasteiger partial charge in [-0.25, -0.2) is 13.1 Å². The Labute approximate surface area is 184 Å². The van der Waals surface area contributed by atoms with E-state index < -0.39 is 10.0 Å². The lowest BCUT2D eigenvalue weighted by Gasteiger charge is -2.08. The van der Waals surface area contributed by atoms with Gasteiger partial charge >= 0.3 is 0 Å². The molecule has 0 aliphatic heterocycles. The van der Waals surface area contributed by atoms with Crippen LogP contribution in [-0.2, 0) is 21.2 Å². The van der Waals surface area contributed by atoms with Gasteiger partial charge in [0.15, 0.2) is 5.58 Å². The van der Waals surface area contributed by atoms with Crippen LogP contribution >= 0.6 is 0 Å². The first-order valence-corrected chi connectivity index (χ1v) is 11.3. The second-order valence-corrected chi connectivity index (χ2v) is 9.32. The molecule has 0 aliphatic rings. The number of nitrogens with zero attached hydrogens (tertiary/aromatic N) is 2. The molecule has 0 bridgehead atoms. The third kappa shape index (κ3) is 4.22. The number of hydrogen-bond donors (Lipinski definition) is 2. The molecule has 32 heavy (non-hydrogen) atoms. The quantitative estimate of drug-likeness (QED) is 0.450. The van der Waals surface area contributed by atoms with E-state index in [9.17, 15) is 13.2 Å². The summed E-state index contributed by atoms with van der Waals surface area (Å²) in [4.78, 5) is 12.5. The predicted molar refractivity (Wildman–Crippen MR) is 119 cm³/mol. The molecule has 0 saturated carbocycles. The lowest BCUT2D eigenvalue weighted by Crippen LogP contribution is -2.16. The van der Waals surface area contributed by atoms with Gasteiger partial charge in [-0.2, -0.15) is 0 Å². The molecular weight excluding hydrogens is 432 g/mol. The lowest BCUT2D eigenvalue weighted by molar-refractivity contribution is -0.115. The summed E-state index contributed by atoms with van der Waals surface area (Å²) in [5.41, 5.74) is 5.03. The SMILES string of the molecule is Cc1cc2onc(CC(=O)Nc3ccc(S(=O)(=O)Nc4onc(C)c4C)cc3)c2cc1C. The molecule has 2 N–H and O–H groups in total. The van der Waals surface area contributed by atoms with Crippen LogP contribution in [0.5, 0.6) is 0 Å². The van der Waals surface area contributed by atoms with Crippen molar-refractivity contribution in [3.05, 3.63) is 64.5 Å². The number of rotatable bonds is 6. The molecular formula is C22H22N4O5S. The average Bonchev–Trinajstić information content (AvgIpc) is 3.26. The maximum Gasteiger partial charge on any atom is 0.264 e. The number of carbonyl (C=O) groups excluding carboxylic acids is 1. The minimum atomic E-state index is -3.86. The van der Waals surface area contributed by atoms with Crippen molar-refractivity contribution in [2.24, 2.45) is 0 Å². The fourth-order valence-corrected chi connectivity index (χ4v) is 4.18. The van der Waals surface area contributed by atoms with E-state index in [1.807, 2.05) is 26.0 Å². The maximum atomic E-state index is 12.6. The topological polar surface area (TPSA) is 127 Å². The molecule has 0 spiro atoms. The van der Waals surface area contributed by atoms with Gasteiger partial charge in [-0.05, 0) is 75.2 Å². The molecule has 0 saturated heterocycles. The minimum Gasteiger partial charge on any atom is -0.356 e. The van der Waals surface area contributed by atoms with E-state index in [4.69, 9.17) is 9.05 Å². The van der Waals surface area contributed by atoms with Crippen LogP contribution in [0.3, 0.4) is 0 Å².